The minimum absolute atomic E-state index is 1.09. The van der Waals surface area contributed by atoms with Gasteiger partial charge in [-0.15, -0.1) is 0 Å². The third kappa shape index (κ3) is 6.22. The summed E-state index contributed by atoms with van der Waals surface area (Å²) in [5.41, 5.74) is 3.00. The number of nitrogens with zero attached hydrogens (tertiary/aromatic N) is 1. The molecule has 0 amide bonds. The third-order valence-corrected chi connectivity index (χ3v) is 3.50. The summed E-state index contributed by atoms with van der Waals surface area (Å²) in [6, 6.07) is 8.89. The van der Waals surface area contributed by atoms with Crippen molar-refractivity contribution in [2.24, 2.45) is 0 Å². The van der Waals surface area contributed by atoms with E-state index in [0.29, 0.717) is 0 Å². The van der Waals surface area contributed by atoms with Crippen LogP contribution in [0.5, 0.6) is 0 Å². The predicted octanol–water partition coefficient (Wildman–Crippen LogP) is 3.46. The lowest BCUT2D eigenvalue weighted by atomic mass is 10.0. The summed E-state index contributed by atoms with van der Waals surface area (Å²) in [5.74, 6) is 0. The molecule has 0 aliphatic heterocycles. The van der Waals surface area contributed by atoms with Crippen LogP contribution in [0.2, 0.25) is 0 Å². The smallest absolute Gasteiger partial charge is 0.0236 e. The van der Waals surface area contributed by atoms with Gasteiger partial charge in [-0.3, -0.25) is 4.90 Å². The highest BCUT2D eigenvalue weighted by Crippen LogP contribution is 2.12. The lowest BCUT2D eigenvalue weighted by Gasteiger charge is -2.21. The topological polar surface area (TPSA) is 15.3 Å². The molecule has 0 aliphatic rings. The van der Waals surface area contributed by atoms with Crippen molar-refractivity contribution in [2.45, 2.75) is 46.6 Å². The van der Waals surface area contributed by atoms with Crippen molar-refractivity contribution >= 4 is 0 Å². The number of rotatable bonds is 10. The normalized spacial score (nSPS) is 11.2. The molecule has 0 aliphatic carbocycles. The lowest BCUT2D eigenvalue weighted by molar-refractivity contribution is 0.280. The average molecular weight is 262 g/mol. The fourth-order valence-electron chi connectivity index (χ4n) is 2.39. The highest BCUT2D eigenvalue weighted by Gasteiger charge is 2.06. The molecule has 0 heterocycles. The van der Waals surface area contributed by atoms with Crippen LogP contribution in [0.15, 0.2) is 24.3 Å². The predicted molar refractivity (Wildman–Crippen MR) is 84.5 cm³/mol. The van der Waals surface area contributed by atoms with E-state index in [1.54, 1.807) is 0 Å². The molecule has 0 unspecified atom stereocenters. The maximum Gasteiger partial charge on any atom is 0.0236 e. The third-order valence-electron chi connectivity index (χ3n) is 3.50. The van der Waals surface area contributed by atoms with E-state index in [0.717, 1.165) is 32.6 Å². The van der Waals surface area contributed by atoms with E-state index < -0.39 is 0 Å². The Labute approximate surface area is 119 Å². The molecule has 0 spiro atoms. The molecule has 0 bridgehead atoms. The first-order valence-electron chi connectivity index (χ1n) is 7.81. The lowest BCUT2D eigenvalue weighted by Crippen LogP contribution is -2.25. The second-order valence-corrected chi connectivity index (χ2v) is 5.14. The van der Waals surface area contributed by atoms with Crippen LogP contribution in [-0.4, -0.2) is 31.1 Å². The van der Waals surface area contributed by atoms with Gasteiger partial charge in [0.1, 0.15) is 0 Å². The second kappa shape index (κ2) is 9.99. The zero-order valence-corrected chi connectivity index (χ0v) is 12.9. The Morgan fingerprint density at radius 1 is 0.947 bits per heavy atom. The number of nitrogens with one attached hydrogen (secondary N) is 1. The molecule has 0 radical (unpaired) electrons. The fourth-order valence-corrected chi connectivity index (χ4v) is 2.39. The molecule has 1 aromatic carbocycles. The zero-order valence-electron chi connectivity index (χ0n) is 12.9. The summed E-state index contributed by atoms with van der Waals surface area (Å²) < 4.78 is 0. The molecule has 0 saturated heterocycles. The van der Waals surface area contributed by atoms with Gasteiger partial charge < -0.3 is 5.32 Å². The maximum atomic E-state index is 3.49. The summed E-state index contributed by atoms with van der Waals surface area (Å²) in [5, 5.41) is 3.49. The van der Waals surface area contributed by atoms with Crippen molar-refractivity contribution in [3.63, 3.8) is 0 Å². The van der Waals surface area contributed by atoms with E-state index in [1.807, 2.05) is 0 Å². The summed E-state index contributed by atoms with van der Waals surface area (Å²) in [4.78, 5) is 2.53. The molecule has 2 nitrogen and oxygen atoms in total. The molecular formula is C17H30N2. The standard InChI is InChI=1S/C17H30N2/c1-4-12-18-13-11-16-9-7-8-10-17(16)15-19(6-3)14-5-2/h7-10,18H,4-6,11-15H2,1-3H3. The Balaban J connectivity index is 2.56. The van der Waals surface area contributed by atoms with Crippen LogP contribution in [-0.2, 0) is 13.0 Å². The van der Waals surface area contributed by atoms with Crippen LogP contribution in [0, 0.1) is 0 Å². The van der Waals surface area contributed by atoms with Crippen LogP contribution >= 0.6 is 0 Å². The Morgan fingerprint density at radius 2 is 1.68 bits per heavy atom. The summed E-state index contributed by atoms with van der Waals surface area (Å²) >= 11 is 0. The highest BCUT2D eigenvalue weighted by molar-refractivity contribution is 5.27. The highest BCUT2D eigenvalue weighted by atomic mass is 15.1. The number of hydrogen-bond acceptors (Lipinski definition) is 2. The van der Waals surface area contributed by atoms with Crippen molar-refractivity contribution in [2.75, 3.05) is 26.2 Å². The molecule has 1 rings (SSSR count). The molecule has 0 atom stereocenters. The van der Waals surface area contributed by atoms with Gasteiger partial charge in [-0.1, -0.05) is 45.0 Å². The van der Waals surface area contributed by atoms with E-state index in [1.165, 1.54) is 30.5 Å². The van der Waals surface area contributed by atoms with Gasteiger partial charge in [0.25, 0.3) is 0 Å². The molecular weight excluding hydrogens is 232 g/mol. The molecule has 0 saturated carbocycles. The van der Waals surface area contributed by atoms with E-state index >= 15 is 0 Å². The maximum absolute atomic E-state index is 3.49. The van der Waals surface area contributed by atoms with Crippen LogP contribution < -0.4 is 5.32 Å². The summed E-state index contributed by atoms with van der Waals surface area (Å²) in [6.45, 7) is 12.3. The van der Waals surface area contributed by atoms with E-state index in [2.05, 4.69) is 55.3 Å². The second-order valence-electron chi connectivity index (χ2n) is 5.14. The summed E-state index contributed by atoms with van der Waals surface area (Å²) in [7, 11) is 0. The molecule has 0 aromatic heterocycles. The van der Waals surface area contributed by atoms with Gasteiger partial charge in [0, 0.05) is 6.54 Å². The molecule has 108 valence electrons. The quantitative estimate of drug-likeness (QED) is 0.650. The van der Waals surface area contributed by atoms with Gasteiger partial charge in [0.15, 0.2) is 0 Å². The van der Waals surface area contributed by atoms with Crippen LogP contribution in [0.1, 0.15) is 44.7 Å². The van der Waals surface area contributed by atoms with Gasteiger partial charge in [-0.25, -0.2) is 0 Å². The molecule has 2 heteroatoms. The largest absolute Gasteiger partial charge is 0.316 e. The van der Waals surface area contributed by atoms with Crippen molar-refractivity contribution in [3.05, 3.63) is 35.4 Å². The first kappa shape index (κ1) is 16.2. The number of benzene rings is 1. The first-order valence-corrected chi connectivity index (χ1v) is 7.81. The van der Waals surface area contributed by atoms with Gasteiger partial charge in [0.05, 0.1) is 0 Å². The van der Waals surface area contributed by atoms with Crippen molar-refractivity contribution in [1.29, 1.82) is 0 Å². The summed E-state index contributed by atoms with van der Waals surface area (Å²) in [6.07, 6.45) is 3.58. The van der Waals surface area contributed by atoms with Gasteiger partial charge in [0.2, 0.25) is 0 Å². The van der Waals surface area contributed by atoms with Gasteiger partial charge >= 0.3 is 0 Å². The van der Waals surface area contributed by atoms with Crippen molar-refractivity contribution in [3.8, 4) is 0 Å². The first-order chi connectivity index (χ1) is 9.31. The zero-order chi connectivity index (χ0) is 13.9. The van der Waals surface area contributed by atoms with E-state index in [-0.39, 0.29) is 0 Å². The number of hydrogen-bond donors (Lipinski definition) is 1. The Hall–Kier alpha value is -0.860. The minimum Gasteiger partial charge on any atom is -0.316 e. The fraction of sp³-hybridized carbons (Fsp3) is 0.647. The molecule has 1 N–H and O–H groups in total. The minimum atomic E-state index is 1.09. The Bertz CT molecular complexity index is 336. The van der Waals surface area contributed by atoms with Crippen molar-refractivity contribution < 1.29 is 0 Å². The average Bonchev–Trinajstić information content (AvgIpc) is 2.44. The van der Waals surface area contributed by atoms with Gasteiger partial charge in [-0.2, -0.15) is 0 Å². The van der Waals surface area contributed by atoms with Crippen LogP contribution in [0.4, 0.5) is 0 Å². The van der Waals surface area contributed by atoms with Gasteiger partial charge in [-0.05, 0) is 56.6 Å². The molecule has 0 fully saturated rings. The van der Waals surface area contributed by atoms with Crippen LogP contribution in [0.25, 0.3) is 0 Å². The van der Waals surface area contributed by atoms with Crippen molar-refractivity contribution in [1.82, 2.24) is 10.2 Å². The Kier molecular flexibility index (Phi) is 8.52. The monoisotopic (exact) mass is 262 g/mol. The SMILES string of the molecule is CCCNCCc1ccccc1CN(CC)CCC. The Morgan fingerprint density at radius 3 is 2.32 bits per heavy atom. The molecule has 19 heavy (non-hydrogen) atoms. The van der Waals surface area contributed by atoms with E-state index in [4.69, 9.17) is 0 Å². The van der Waals surface area contributed by atoms with Crippen LogP contribution in [0.3, 0.4) is 0 Å². The van der Waals surface area contributed by atoms with E-state index in [9.17, 15) is 0 Å². The molecule has 1 aromatic rings.